The molecule has 4 aromatic carbocycles. The van der Waals surface area contributed by atoms with E-state index in [4.69, 9.17) is 58.7 Å². The molecular formula is C36H36Cl3NO6. The SMILES string of the molecule is O=C(NCl)C(Cl)(Cl)[C@H]1O[C@H](COCc2ccccc2)[C@@H](OCc2ccccc2)[C@H](OCc2ccccc2)[C@H]1OCc1ccccc1. The van der Waals surface area contributed by atoms with Crippen LogP contribution >= 0.6 is 35.0 Å². The Morgan fingerprint density at radius 1 is 0.609 bits per heavy atom. The van der Waals surface area contributed by atoms with E-state index >= 15 is 0 Å². The average Bonchev–Trinajstić information content (AvgIpc) is 3.10. The van der Waals surface area contributed by atoms with Crippen molar-refractivity contribution in [2.75, 3.05) is 6.61 Å². The molecule has 46 heavy (non-hydrogen) atoms. The Hall–Kier alpha value is -2.98. The van der Waals surface area contributed by atoms with E-state index in [1.165, 1.54) is 0 Å². The zero-order valence-electron chi connectivity index (χ0n) is 25.1. The van der Waals surface area contributed by atoms with E-state index in [-0.39, 0.29) is 26.4 Å². The van der Waals surface area contributed by atoms with Gasteiger partial charge < -0.3 is 23.7 Å². The van der Waals surface area contributed by atoms with E-state index in [0.717, 1.165) is 22.3 Å². The van der Waals surface area contributed by atoms with Crippen LogP contribution in [0.25, 0.3) is 0 Å². The van der Waals surface area contributed by atoms with Crippen molar-refractivity contribution in [2.24, 2.45) is 0 Å². The zero-order valence-corrected chi connectivity index (χ0v) is 27.3. The van der Waals surface area contributed by atoms with Gasteiger partial charge >= 0.3 is 0 Å². The van der Waals surface area contributed by atoms with Gasteiger partial charge in [0, 0.05) is 11.8 Å². The summed E-state index contributed by atoms with van der Waals surface area (Å²) in [7, 11) is 0. The molecule has 0 aliphatic carbocycles. The Labute approximate surface area is 284 Å². The number of hydrogen-bond acceptors (Lipinski definition) is 6. The molecule has 10 heteroatoms. The molecule has 0 radical (unpaired) electrons. The highest BCUT2D eigenvalue weighted by Gasteiger charge is 2.58. The van der Waals surface area contributed by atoms with Gasteiger partial charge in [-0.15, -0.1) is 0 Å². The highest BCUT2D eigenvalue weighted by Crippen LogP contribution is 2.40. The van der Waals surface area contributed by atoms with Crippen LogP contribution in [0.4, 0.5) is 0 Å². The minimum Gasteiger partial charge on any atom is -0.374 e. The van der Waals surface area contributed by atoms with Crippen molar-refractivity contribution in [3.8, 4) is 0 Å². The first-order chi connectivity index (χ1) is 22.5. The summed E-state index contributed by atoms with van der Waals surface area (Å²) in [5.41, 5.74) is 3.79. The largest absolute Gasteiger partial charge is 0.374 e. The van der Waals surface area contributed by atoms with Crippen LogP contribution < -0.4 is 4.84 Å². The van der Waals surface area contributed by atoms with E-state index in [2.05, 4.69) is 0 Å². The Balaban J connectivity index is 1.49. The fraction of sp³-hybridized carbons (Fsp3) is 0.306. The van der Waals surface area contributed by atoms with Gasteiger partial charge in [0.15, 0.2) is 0 Å². The molecule has 0 saturated carbocycles. The average molecular weight is 685 g/mol. The van der Waals surface area contributed by atoms with Crippen molar-refractivity contribution in [2.45, 2.75) is 61.3 Å². The predicted octanol–water partition coefficient (Wildman–Crippen LogP) is 7.17. The number of hydrogen-bond donors (Lipinski definition) is 1. The lowest BCUT2D eigenvalue weighted by Gasteiger charge is -2.48. The van der Waals surface area contributed by atoms with Crippen molar-refractivity contribution in [3.63, 3.8) is 0 Å². The number of amides is 1. The van der Waals surface area contributed by atoms with Crippen LogP contribution in [0.3, 0.4) is 0 Å². The van der Waals surface area contributed by atoms with E-state index < -0.39 is 40.8 Å². The maximum absolute atomic E-state index is 13.0. The number of alkyl halides is 2. The van der Waals surface area contributed by atoms with Crippen LogP contribution in [0.2, 0.25) is 0 Å². The second-order valence-corrected chi connectivity index (χ2v) is 12.5. The maximum atomic E-state index is 13.0. The highest BCUT2D eigenvalue weighted by molar-refractivity contribution is 6.59. The predicted molar refractivity (Wildman–Crippen MR) is 178 cm³/mol. The molecule has 1 saturated heterocycles. The normalized spacial score (nSPS) is 21.5. The third-order valence-corrected chi connectivity index (χ3v) is 8.57. The molecule has 1 amide bonds. The molecule has 1 aliphatic heterocycles. The summed E-state index contributed by atoms with van der Waals surface area (Å²) in [4.78, 5) is 15.0. The second-order valence-electron chi connectivity index (χ2n) is 10.9. The van der Waals surface area contributed by atoms with Gasteiger partial charge in [0.1, 0.15) is 30.5 Å². The topological polar surface area (TPSA) is 75.3 Å². The maximum Gasteiger partial charge on any atom is 0.273 e. The molecule has 242 valence electrons. The number of carbonyl (C=O) groups excluding carboxylic acids is 1. The quantitative estimate of drug-likeness (QED) is 0.106. The van der Waals surface area contributed by atoms with Gasteiger partial charge in [-0.25, -0.2) is 0 Å². The van der Waals surface area contributed by atoms with Crippen LogP contribution in [0, 0.1) is 0 Å². The first-order valence-electron chi connectivity index (χ1n) is 15.0. The van der Waals surface area contributed by atoms with Crippen LogP contribution in [-0.2, 0) is 54.9 Å². The first-order valence-corrected chi connectivity index (χ1v) is 16.1. The minimum absolute atomic E-state index is 0.0911. The number of halogens is 3. The molecule has 1 fully saturated rings. The van der Waals surface area contributed by atoms with Gasteiger partial charge in [-0.3, -0.25) is 9.63 Å². The molecule has 1 heterocycles. The van der Waals surface area contributed by atoms with Crippen LogP contribution in [-0.4, -0.2) is 47.4 Å². The van der Waals surface area contributed by atoms with Gasteiger partial charge in [0.05, 0.1) is 33.0 Å². The first kappa shape index (κ1) is 34.4. The number of ether oxygens (including phenoxy) is 5. The van der Waals surface area contributed by atoms with Crippen molar-refractivity contribution in [1.82, 2.24) is 4.84 Å². The standard InChI is InChI=1S/C36H36Cl3NO6/c37-36(38,35(41)40-39)34-33(45-24-29-19-11-4-12-20-29)32(44-23-28-17-9-3-10-18-28)31(43-22-27-15-7-2-8-16-27)30(46-34)25-42-21-26-13-5-1-6-14-26/h1-20,30-34H,21-25H2,(H,40,41)/t30-,31-,32+,33-,34+/m1/s1. The van der Waals surface area contributed by atoms with Gasteiger partial charge in [0.25, 0.3) is 5.91 Å². The molecule has 0 unspecified atom stereocenters. The van der Waals surface area contributed by atoms with E-state index in [9.17, 15) is 4.79 Å². The fourth-order valence-corrected chi connectivity index (χ4v) is 5.96. The molecule has 7 nitrogen and oxygen atoms in total. The Morgan fingerprint density at radius 2 is 1.00 bits per heavy atom. The van der Waals surface area contributed by atoms with Crippen LogP contribution in [0.15, 0.2) is 121 Å². The number of nitrogens with one attached hydrogen (secondary N) is 1. The number of benzene rings is 4. The fourth-order valence-electron chi connectivity index (χ4n) is 5.27. The lowest BCUT2D eigenvalue weighted by Crippen LogP contribution is -2.66. The summed E-state index contributed by atoms with van der Waals surface area (Å²) in [6, 6.07) is 38.9. The summed E-state index contributed by atoms with van der Waals surface area (Å²) in [5, 5.41) is 0. The molecule has 5 atom stereocenters. The highest BCUT2D eigenvalue weighted by atomic mass is 35.5. The molecule has 4 aromatic rings. The third kappa shape index (κ3) is 9.31. The second kappa shape index (κ2) is 17.3. The minimum atomic E-state index is -2.15. The number of carbonyl (C=O) groups is 1. The zero-order chi connectivity index (χ0) is 32.2. The van der Waals surface area contributed by atoms with Crippen molar-refractivity contribution in [3.05, 3.63) is 144 Å². The Bertz CT molecular complexity index is 1470. The van der Waals surface area contributed by atoms with E-state index in [0.29, 0.717) is 6.61 Å². The van der Waals surface area contributed by atoms with Crippen molar-refractivity contribution < 1.29 is 28.5 Å². The molecule has 1 N–H and O–H groups in total. The summed E-state index contributed by atoms with van der Waals surface area (Å²) >= 11 is 19.3. The number of rotatable bonds is 15. The smallest absolute Gasteiger partial charge is 0.273 e. The van der Waals surface area contributed by atoms with Gasteiger partial charge in [-0.05, 0) is 22.3 Å². The van der Waals surface area contributed by atoms with Crippen molar-refractivity contribution in [1.29, 1.82) is 0 Å². The summed E-state index contributed by atoms with van der Waals surface area (Å²) in [5.74, 6) is -0.856. The summed E-state index contributed by atoms with van der Waals surface area (Å²) in [6.45, 7) is 1.08. The Kier molecular flexibility index (Phi) is 12.9. The molecular weight excluding hydrogens is 649 g/mol. The summed E-state index contributed by atoms with van der Waals surface area (Å²) < 4.78 is 30.3. The third-order valence-electron chi connectivity index (χ3n) is 7.63. The van der Waals surface area contributed by atoms with Crippen LogP contribution in [0.1, 0.15) is 22.3 Å². The van der Waals surface area contributed by atoms with Gasteiger partial charge in [-0.1, -0.05) is 145 Å². The molecule has 5 rings (SSSR count). The van der Waals surface area contributed by atoms with Crippen molar-refractivity contribution >= 4 is 40.9 Å². The molecule has 0 aromatic heterocycles. The molecule has 1 aliphatic rings. The monoisotopic (exact) mass is 683 g/mol. The lowest BCUT2D eigenvalue weighted by atomic mass is 9.91. The van der Waals surface area contributed by atoms with E-state index in [1.54, 1.807) is 0 Å². The van der Waals surface area contributed by atoms with Gasteiger partial charge in [0.2, 0.25) is 4.33 Å². The lowest BCUT2D eigenvalue weighted by molar-refractivity contribution is -0.273. The van der Waals surface area contributed by atoms with Gasteiger partial charge in [-0.2, -0.15) is 0 Å². The Morgan fingerprint density at radius 3 is 1.43 bits per heavy atom. The molecule has 0 spiro atoms. The van der Waals surface area contributed by atoms with E-state index in [1.807, 2.05) is 126 Å². The van der Waals surface area contributed by atoms with Crippen LogP contribution in [0.5, 0.6) is 0 Å². The molecule has 0 bridgehead atoms. The summed E-state index contributed by atoms with van der Waals surface area (Å²) in [6.07, 6.45) is -4.44.